The van der Waals surface area contributed by atoms with Crippen LogP contribution < -0.4 is 0 Å². The third-order valence-electron chi connectivity index (χ3n) is 1.29. The van der Waals surface area contributed by atoms with Gasteiger partial charge in [-0.3, -0.25) is 0 Å². The highest BCUT2D eigenvalue weighted by molar-refractivity contribution is 7.05. The average Bonchev–Trinajstić information content (AvgIpc) is 2.55. The quantitative estimate of drug-likeness (QED) is 0.708. The van der Waals surface area contributed by atoms with E-state index in [-0.39, 0.29) is 0 Å². The molecule has 0 N–H and O–H groups in total. The van der Waals surface area contributed by atoms with Gasteiger partial charge in [-0.2, -0.15) is 4.37 Å². The van der Waals surface area contributed by atoms with Crippen molar-refractivity contribution in [3.63, 3.8) is 0 Å². The van der Waals surface area contributed by atoms with E-state index in [1.54, 1.807) is 0 Å². The minimum atomic E-state index is 0.526. The standard InChI is InChI=1S/C7H12N2S.C2H6/c1-4-6-8-7(5(2)3)10-9-6;1-2/h5H,4H2,1-3H3;1-2H3. The molecule has 0 aliphatic rings. The van der Waals surface area contributed by atoms with E-state index < -0.39 is 0 Å². The molecule has 0 aromatic carbocycles. The minimum absolute atomic E-state index is 0.526. The number of hydrogen-bond acceptors (Lipinski definition) is 3. The zero-order valence-corrected chi connectivity index (χ0v) is 9.40. The van der Waals surface area contributed by atoms with Crippen molar-refractivity contribution in [1.82, 2.24) is 9.36 Å². The molecule has 0 atom stereocenters. The van der Waals surface area contributed by atoms with E-state index in [1.807, 2.05) is 13.8 Å². The lowest BCUT2D eigenvalue weighted by Crippen LogP contribution is -1.87. The molecule has 0 aliphatic heterocycles. The first-order valence-electron chi connectivity index (χ1n) is 4.56. The van der Waals surface area contributed by atoms with Crippen LogP contribution in [0.4, 0.5) is 0 Å². The van der Waals surface area contributed by atoms with E-state index in [0.717, 1.165) is 17.3 Å². The number of hydrogen-bond donors (Lipinski definition) is 0. The molecule has 0 bridgehead atoms. The predicted molar refractivity (Wildman–Crippen MR) is 54.7 cm³/mol. The molecule has 0 saturated carbocycles. The van der Waals surface area contributed by atoms with Gasteiger partial charge in [-0.15, -0.1) is 0 Å². The summed E-state index contributed by atoms with van der Waals surface area (Å²) < 4.78 is 4.19. The minimum Gasteiger partial charge on any atom is -0.224 e. The smallest absolute Gasteiger partial charge is 0.142 e. The Morgan fingerprint density at radius 1 is 1.33 bits per heavy atom. The van der Waals surface area contributed by atoms with Gasteiger partial charge in [0.05, 0.1) is 0 Å². The fourth-order valence-electron chi connectivity index (χ4n) is 0.646. The molecule has 0 spiro atoms. The van der Waals surface area contributed by atoms with Gasteiger partial charge < -0.3 is 0 Å². The van der Waals surface area contributed by atoms with Crippen molar-refractivity contribution in [3.8, 4) is 0 Å². The monoisotopic (exact) mass is 186 g/mol. The van der Waals surface area contributed by atoms with Crippen molar-refractivity contribution in [1.29, 1.82) is 0 Å². The molecule has 0 fully saturated rings. The summed E-state index contributed by atoms with van der Waals surface area (Å²) in [7, 11) is 0. The van der Waals surface area contributed by atoms with Gasteiger partial charge in [0.15, 0.2) is 0 Å². The van der Waals surface area contributed by atoms with Gasteiger partial charge in [0, 0.05) is 12.3 Å². The highest BCUT2D eigenvalue weighted by Crippen LogP contribution is 2.15. The van der Waals surface area contributed by atoms with Gasteiger partial charge in [-0.1, -0.05) is 34.6 Å². The van der Waals surface area contributed by atoms with Gasteiger partial charge in [0.2, 0.25) is 0 Å². The van der Waals surface area contributed by atoms with Crippen LogP contribution >= 0.6 is 11.5 Å². The molecule has 1 rings (SSSR count). The molecule has 12 heavy (non-hydrogen) atoms. The molecule has 1 aromatic rings. The maximum atomic E-state index is 4.34. The molecule has 0 saturated heterocycles. The molecule has 1 heterocycles. The summed E-state index contributed by atoms with van der Waals surface area (Å²) in [5.74, 6) is 1.51. The molecule has 70 valence electrons. The normalized spacial score (nSPS) is 9.50. The van der Waals surface area contributed by atoms with E-state index in [9.17, 15) is 0 Å². The van der Waals surface area contributed by atoms with Crippen LogP contribution in [0.2, 0.25) is 0 Å². The zero-order valence-electron chi connectivity index (χ0n) is 8.59. The largest absolute Gasteiger partial charge is 0.224 e. The summed E-state index contributed by atoms with van der Waals surface area (Å²) in [5, 5.41) is 1.15. The van der Waals surface area contributed by atoms with Crippen LogP contribution in [0.5, 0.6) is 0 Å². The summed E-state index contributed by atoms with van der Waals surface area (Å²) >= 11 is 1.52. The summed E-state index contributed by atoms with van der Waals surface area (Å²) in [6, 6.07) is 0. The molecule has 0 amide bonds. The van der Waals surface area contributed by atoms with E-state index in [1.165, 1.54) is 11.5 Å². The van der Waals surface area contributed by atoms with Crippen molar-refractivity contribution in [3.05, 3.63) is 10.8 Å². The first kappa shape index (κ1) is 11.6. The lowest BCUT2D eigenvalue weighted by atomic mass is 10.2. The van der Waals surface area contributed by atoms with Crippen molar-refractivity contribution in [2.45, 2.75) is 47.0 Å². The van der Waals surface area contributed by atoms with Gasteiger partial charge >= 0.3 is 0 Å². The van der Waals surface area contributed by atoms with Crippen molar-refractivity contribution in [2.75, 3.05) is 0 Å². The second-order valence-electron chi connectivity index (χ2n) is 2.56. The SMILES string of the molecule is CC.CCc1nsc(C(C)C)n1. The Kier molecular flexibility index (Phi) is 5.89. The summed E-state index contributed by atoms with van der Waals surface area (Å²) in [5.41, 5.74) is 0. The van der Waals surface area contributed by atoms with Gasteiger partial charge in [0.25, 0.3) is 0 Å². The Balaban J connectivity index is 0.000000561. The highest BCUT2D eigenvalue weighted by Gasteiger charge is 2.04. The number of nitrogens with zero attached hydrogens (tertiary/aromatic N) is 2. The lowest BCUT2D eigenvalue weighted by Gasteiger charge is -1.93. The fourth-order valence-corrected chi connectivity index (χ4v) is 1.37. The summed E-state index contributed by atoms with van der Waals surface area (Å²) in [6.45, 7) is 10.4. The van der Waals surface area contributed by atoms with Crippen molar-refractivity contribution < 1.29 is 0 Å². The van der Waals surface area contributed by atoms with Crippen LogP contribution in [0, 0.1) is 0 Å². The predicted octanol–water partition coefficient (Wildman–Crippen LogP) is 3.25. The van der Waals surface area contributed by atoms with Crippen LogP contribution in [-0.4, -0.2) is 9.36 Å². The Bertz CT molecular complexity index is 206. The number of aromatic nitrogens is 2. The molecule has 3 heteroatoms. The first-order valence-corrected chi connectivity index (χ1v) is 5.33. The number of rotatable bonds is 2. The second kappa shape index (κ2) is 6.12. The lowest BCUT2D eigenvalue weighted by molar-refractivity contribution is 0.835. The molecule has 2 nitrogen and oxygen atoms in total. The Labute approximate surface area is 79.2 Å². The zero-order chi connectivity index (χ0) is 9.56. The first-order chi connectivity index (χ1) is 5.74. The maximum Gasteiger partial charge on any atom is 0.142 e. The molecular weight excluding hydrogens is 168 g/mol. The van der Waals surface area contributed by atoms with E-state index in [0.29, 0.717) is 5.92 Å². The van der Waals surface area contributed by atoms with E-state index in [2.05, 4.69) is 30.1 Å². The van der Waals surface area contributed by atoms with Crippen LogP contribution in [-0.2, 0) is 6.42 Å². The Hall–Kier alpha value is -0.440. The fraction of sp³-hybridized carbons (Fsp3) is 0.778. The van der Waals surface area contributed by atoms with Crippen molar-refractivity contribution in [2.24, 2.45) is 0 Å². The van der Waals surface area contributed by atoms with E-state index in [4.69, 9.17) is 0 Å². The molecule has 1 aromatic heterocycles. The Morgan fingerprint density at radius 2 is 1.92 bits per heavy atom. The highest BCUT2D eigenvalue weighted by atomic mass is 32.1. The topological polar surface area (TPSA) is 25.8 Å². The molecule has 0 radical (unpaired) electrons. The average molecular weight is 186 g/mol. The van der Waals surface area contributed by atoms with Crippen LogP contribution in [0.3, 0.4) is 0 Å². The van der Waals surface area contributed by atoms with Gasteiger partial charge in [0.1, 0.15) is 10.8 Å². The van der Waals surface area contributed by atoms with E-state index >= 15 is 0 Å². The van der Waals surface area contributed by atoms with Crippen molar-refractivity contribution >= 4 is 11.5 Å². The summed E-state index contributed by atoms with van der Waals surface area (Å²) in [4.78, 5) is 4.34. The molecule has 0 aliphatic carbocycles. The Morgan fingerprint density at radius 3 is 2.17 bits per heavy atom. The van der Waals surface area contributed by atoms with Crippen LogP contribution in [0.15, 0.2) is 0 Å². The van der Waals surface area contributed by atoms with Crippen LogP contribution in [0.25, 0.3) is 0 Å². The van der Waals surface area contributed by atoms with Crippen LogP contribution in [0.1, 0.15) is 51.4 Å². The molecule has 0 unspecified atom stereocenters. The summed E-state index contributed by atoms with van der Waals surface area (Å²) in [6.07, 6.45) is 0.948. The van der Waals surface area contributed by atoms with Gasteiger partial charge in [-0.05, 0) is 11.5 Å². The maximum absolute atomic E-state index is 4.34. The molecular formula is C9H18N2S. The third kappa shape index (κ3) is 3.30. The second-order valence-corrected chi connectivity index (χ2v) is 3.34. The number of aryl methyl sites for hydroxylation is 1. The third-order valence-corrected chi connectivity index (χ3v) is 2.35. The van der Waals surface area contributed by atoms with Gasteiger partial charge in [-0.25, -0.2) is 4.98 Å².